The van der Waals surface area contributed by atoms with E-state index in [1.165, 1.54) is 12.1 Å². The molecule has 28 heavy (non-hydrogen) atoms. The number of anilines is 2. The summed E-state index contributed by atoms with van der Waals surface area (Å²) in [6, 6.07) is 17.1. The zero-order chi connectivity index (χ0) is 20.3. The van der Waals surface area contributed by atoms with Crippen LogP contribution in [-0.2, 0) is 0 Å². The van der Waals surface area contributed by atoms with Crippen LogP contribution in [-0.4, -0.2) is 5.11 Å². The van der Waals surface area contributed by atoms with Crippen molar-refractivity contribution in [3.8, 4) is 30.4 Å². The van der Waals surface area contributed by atoms with Crippen LogP contribution in [0.2, 0.25) is 0 Å². The van der Waals surface area contributed by atoms with Gasteiger partial charge < -0.3 is 16.6 Å². The summed E-state index contributed by atoms with van der Waals surface area (Å²) in [6.07, 6.45) is 10.6. The summed E-state index contributed by atoms with van der Waals surface area (Å²) in [4.78, 5) is 0. The largest absolute Gasteiger partial charge is 0.508 e. The summed E-state index contributed by atoms with van der Waals surface area (Å²) < 4.78 is 13.3. The number of benzene rings is 4. The summed E-state index contributed by atoms with van der Waals surface area (Å²) in [5, 5.41) is 12.5. The molecule has 4 aromatic rings. The lowest BCUT2D eigenvalue weighted by Crippen LogP contribution is -1.92. The predicted molar refractivity (Wildman–Crippen MR) is 114 cm³/mol. The number of phenolic OH excluding ortho intramolecular Hbond substituents is 1. The number of nitrogens with two attached hydrogens (primary N) is 2. The van der Waals surface area contributed by atoms with Crippen molar-refractivity contribution < 1.29 is 9.50 Å². The first kappa shape index (κ1) is 18.6. The Kier molecular flexibility index (Phi) is 5.07. The number of rotatable bonds is 0. The Hall–Kier alpha value is -4.15. The number of nitrogen functional groups attached to an aromatic ring is 2. The van der Waals surface area contributed by atoms with Crippen LogP contribution in [0.5, 0.6) is 5.75 Å². The Bertz CT molecular complexity index is 1280. The van der Waals surface area contributed by atoms with Crippen molar-refractivity contribution in [1.82, 2.24) is 0 Å². The Labute approximate surface area is 162 Å². The molecule has 3 nitrogen and oxygen atoms in total. The Morgan fingerprint density at radius 1 is 0.786 bits per heavy atom. The van der Waals surface area contributed by atoms with E-state index in [1.807, 2.05) is 30.3 Å². The zero-order valence-corrected chi connectivity index (χ0v) is 14.9. The highest BCUT2D eigenvalue weighted by atomic mass is 19.1. The normalized spacial score (nSPS) is 9.96. The van der Waals surface area contributed by atoms with Gasteiger partial charge in [-0.25, -0.2) is 4.39 Å². The molecule has 0 bridgehead atoms. The molecule has 0 atom stereocenters. The molecule has 4 rings (SSSR count). The molecule has 0 aliphatic carbocycles. The first-order valence-corrected chi connectivity index (χ1v) is 8.37. The topological polar surface area (TPSA) is 72.3 Å². The minimum Gasteiger partial charge on any atom is -0.508 e. The molecule has 0 unspecified atom stereocenters. The summed E-state index contributed by atoms with van der Waals surface area (Å²) in [7, 11) is 0. The van der Waals surface area contributed by atoms with Crippen LogP contribution in [0, 0.1) is 30.5 Å². The maximum absolute atomic E-state index is 13.3. The second-order valence-electron chi connectivity index (χ2n) is 6.10. The van der Waals surface area contributed by atoms with E-state index in [9.17, 15) is 9.50 Å². The molecule has 0 aliphatic rings. The van der Waals surface area contributed by atoms with E-state index in [4.69, 9.17) is 24.3 Å². The van der Waals surface area contributed by atoms with Gasteiger partial charge in [0.2, 0.25) is 0 Å². The van der Waals surface area contributed by atoms with Crippen LogP contribution in [0.1, 0.15) is 11.1 Å². The van der Waals surface area contributed by atoms with Gasteiger partial charge in [-0.3, -0.25) is 0 Å². The van der Waals surface area contributed by atoms with Gasteiger partial charge in [0.05, 0.1) is 5.56 Å². The number of halogens is 1. The van der Waals surface area contributed by atoms with Crippen molar-refractivity contribution in [1.29, 1.82) is 0 Å². The van der Waals surface area contributed by atoms with Crippen molar-refractivity contribution in [3.63, 3.8) is 0 Å². The molecule has 0 fully saturated rings. The Morgan fingerprint density at radius 3 is 2.21 bits per heavy atom. The van der Waals surface area contributed by atoms with Crippen molar-refractivity contribution >= 4 is 32.9 Å². The minimum atomic E-state index is -0.405. The van der Waals surface area contributed by atoms with Gasteiger partial charge in [-0.15, -0.1) is 12.8 Å². The van der Waals surface area contributed by atoms with Gasteiger partial charge in [-0.05, 0) is 35.0 Å². The predicted octanol–water partition coefficient (Wildman–Crippen LogP) is 4.65. The molecule has 0 spiro atoms. The minimum absolute atomic E-state index is 0.157. The fourth-order valence-electron chi connectivity index (χ4n) is 3.09. The average Bonchev–Trinajstić information content (AvgIpc) is 2.68. The SMILES string of the molecule is C#Cc1c(F)ccc2cccc(N)c12.C#Cc1cccc2cc(O)cc(N)c12. The van der Waals surface area contributed by atoms with Crippen LogP contribution < -0.4 is 11.5 Å². The summed E-state index contributed by atoms with van der Waals surface area (Å²) in [6.45, 7) is 0. The second-order valence-corrected chi connectivity index (χ2v) is 6.10. The van der Waals surface area contributed by atoms with Crippen molar-refractivity contribution in [2.75, 3.05) is 11.5 Å². The lowest BCUT2D eigenvalue weighted by molar-refractivity contribution is 0.476. The van der Waals surface area contributed by atoms with E-state index in [0.717, 1.165) is 21.7 Å². The highest BCUT2D eigenvalue weighted by Crippen LogP contribution is 2.29. The van der Waals surface area contributed by atoms with Crippen molar-refractivity contribution in [2.45, 2.75) is 0 Å². The number of aromatic hydroxyl groups is 1. The van der Waals surface area contributed by atoms with Crippen molar-refractivity contribution in [3.05, 3.63) is 77.6 Å². The highest BCUT2D eigenvalue weighted by Gasteiger charge is 2.07. The number of hydrogen-bond donors (Lipinski definition) is 3. The van der Waals surface area contributed by atoms with Gasteiger partial charge in [0.25, 0.3) is 0 Å². The van der Waals surface area contributed by atoms with Crippen LogP contribution in [0.4, 0.5) is 15.8 Å². The molecule has 0 saturated heterocycles. The third kappa shape index (κ3) is 3.40. The summed E-state index contributed by atoms with van der Waals surface area (Å²) in [5.41, 5.74) is 13.5. The van der Waals surface area contributed by atoms with Crippen LogP contribution in [0.25, 0.3) is 21.5 Å². The first-order chi connectivity index (χ1) is 13.5. The van der Waals surface area contributed by atoms with Gasteiger partial charge >= 0.3 is 0 Å². The zero-order valence-electron chi connectivity index (χ0n) is 14.9. The molecule has 0 aliphatic heterocycles. The molecule has 4 heteroatoms. The van der Waals surface area contributed by atoms with E-state index in [1.54, 1.807) is 18.2 Å². The number of hydrogen-bond acceptors (Lipinski definition) is 3. The van der Waals surface area contributed by atoms with E-state index in [2.05, 4.69) is 11.8 Å². The maximum Gasteiger partial charge on any atom is 0.139 e. The standard InChI is InChI=1S/C12H8FN.C12H9NO/c1-2-9-10(13)7-6-8-4-3-5-11(14)12(8)9;1-2-8-4-3-5-9-6-10(14)7-11(13)12(8)9/h1,3-7H,14H2;1,3-7,14H,13H2. The molecule has 4 aromatic carbocycles. The monoisotopic (exact) mass is 368 g/mol. The number of terminal acetylenes is 2. The van der Waals surface area contributed by atoms with Gasteiger partial charge in [-0.2, -0.15) is 0 Å². The summed E-state index contributed by atoms with van der Waals surface area (Å²) >= 11 is 0. The van der Waals surface area contributed by atoms with E-state index in [0.29, 0.717) is 16.8 Å². The second kappa shape index (κ2) is 7.61. The smallest absolute Gasteiger partial charge is 0.139 e. The molecule has 0 aromatic heterocycles. The highest BCUT2D eigenvalue weighted by molar-refractivity contribution is 5.99. The van der Waals surface area contributed by atoms with Gasteiger partial charge in [0, 0.05) is 33.8 Å². The lowest BCUT2D eigenvalue weighted by atomic mass is 10.0. The van der Waals surface area contributed by atoms with Crippen LogP contribution in [0.3, 0.4) is 0 Å². The first-order valence-electron chi connectivity index (χ1n) is 8.37. The van der Waals surface area contributed by atoms with Gasteiger partial charge in [-0.1, -0.05) is 42.2 Å². The molecule has 0 amide bonds. The summed E-state index contributed by atoms with van der Waals surface area (Å²) in [5.74, 6) is 4.64. The molecule has 0 radical (unpaired) electrons. The molecule has 0 heterocycles. The molecular weight excluding hydrogens is 351 g/mol. The molecule has 5 N–H and O–H groups in total. The number of phenols is 1. The van der Waals surface area contributed by atoms with Crippen LogP contribution in [0.15, 0.2) is 60.7 Å². The molecular formula is C24H17FN2O. The van der Waals surface area contributed by atoms with E-state index >= 15 is 0 Å². The van der Waals surface area contributed by atoms with E-state index in [-0.39, 0.29) is 11.3 Å². The molecule has 0 saturated carbocycles. The van der Waals surface area contributed by atoms with Gasteiger partial charge in [0.1, 0.15) is 11.6 Å². The lowest BCUT2D eigenvalue weighted by Gasteiger charge is -2.05. The van der Waals surface area contributed by atoms with Gasteiger partial charge in [0.15, 0.2) is 0 Å². The number of fused-ring (bicyclic) bond motifs is 2. The fraction of sp³-hybridized carbons (Fsp3) is 0. The molecule has 136 valence electrons. The average molecular weight is 368 g/mol. The fourth-order valence-corrected chi connectivity index (χ4v) is 3.09. The van der Waals surface area contributed by atoms with E-state index < -0.39 is 5.82 Å². The quantitative estimate of drug-likeness (QED) is 0.312. The van der Waals surface area contributed by atoms with Crippen LogP contribution >= 0.6 is 0 Å². The Balaban J connectivity index is 0.000000161. The Morgan fingerprint density at radius 2 is 1.50 bits per heavy atom. The maximum atomic E-state index is 13.3. The third-order valence-corrected chi connectivity index (χ3v) is 4.32. The van der Waals surface area contributed by atoms with Crippen molar-refractivity contribution in [2.24, 2.45) is 0 Å². The third-order valence-electron chi connectivity index (χ3n) is 4.32.